The predicted octanol–water partition coefficient (Wildman–Crippen LogP) is 5.28. The fourth-order valence-corrected chi connectivity index (χ4v) is 3.99. The lowest BCUT2D eigenvalue weighted by Crippen LogP contribution is -2.29. The van der Waals surface area contributed by atoms with Gasteiger partial charge in [-0.05, 0) is 63.2 Å². The number of carbonyl (C=O) groups excluding carboxylic acids is 2. The number of benzene rings is 2. The van der Waals surface area contributed by atoms with Gasteiger partial charge in [0.05, 0.1) is 11.6 Å². The molecule has 0 spiro atoms. The normalized spacial score (nSPS) is 13.8. The second-order valence-electron chi connectivity index (χ2n) is 7.34. The first-order valence-corrected chi connectivity index (χ1v) is 11.0. The highest BCUT2D eigenvalue weighted by atomic mass is 35.5. The van der Waals surface area contributed by atoms with Crippen molar-refractivity contribution in [3.8, 4) is 11.5 Å². The van der Waals surface area contributed by atoms with Crippen LogP contribution in [-0.2, 0) is 16.1 Å². The largest absolute Gasteiger partial charge is 0.508 e. The summed E-state index contributed by atoms with van der Waals surface area (Å²) in [6.45, 7) is 4.18. The number of nitrogens with zero attached hydrogens (tertiary/aromatic N) is 1. The molecule has 0 atom stereocenters. The summed E-state index contributed by atoms with van der Waals surface area (Å²) >= 11 is 12.6. The Labute approximate surface area is 203 Å². The quantitative estimate of drug-likeness (QED) is 0.391. The molecule has 0 unspecified atom stereocenters. The van der Waals surface area contributed by atoms with E-state index in [4.69, 9.17) is 32.7 Å². The maximum atomic E-state index is 13.1. The van der Waals surface area contributed by atoms with E-state index in [9.17, 15) is 14.7 Å². The summed E-state index contributed by atoms with van der Waals surface area (Å²) in [5.41, 5.74) is 1.32. The number of phenolic OH excluding ortho intramolecular Hbond substituents is 1. The van der Waals surface area contributed by atoms with E-state index in [0.29, 0.717) is 17.7 Å². The van der Waals surface area contributed by atoms with E-state index < -0.39 is 5.97 Å². The van der Waals surface area contributed by atoms with E-state index in [-0.39, 0.29) is 58.5 Å². The Morgan fingerprint density at radius 3 is 2.47 bits per heavy atom. The van der Waals surface area contributed by atoms with E-state index >= 15 is 0 Å². The standard InChI is InChI=1S/C23H25Cl2NO5.ClH/c1-2-30-20(28)14-31-19-9-7-17(21(24)22(19)25)23(29)15-6-8-18(27)16(12-15)13-26-10-4-3-5-11-26;/h6-9,12,27H,2-5,10-11,13-14H2,1H3;1H. The molecule has 1 saturated heterocycles. The van der Waals surface area contributed by atoms with Gasteiger partial charge in [0, 0.05) is 23.2 Å². The number of rotatable bonds is 8. The Bertz CT molecular complexity index is 961. The second-order valence-corrected chi connectivity index (χ2v) is 8.10. The number of hydrogen-bond acceptors (Lipinski definition) is 6. The molecule has 0 aromatic heterocycles. The van der Waals surface area contributed by atoms with Gasteiger partial charge in [-0.15, -0.1) is 12.4 Å². The Hall–Kier alpha value is -1.99. The summed E-state index contributed by atoms with van der Waals surface area (Å²) in [5.74, 6) is -0.495. The lowest BCUT2D eigenvalue weighted by atomic mass is 10.00. The van der Waals surface area contributed by atoms with Crippen LogP contribution >= 0.6 is 35.6 Å². The maximum Gasteiger partial charge on any atom is 0.344 e. The molecule has 6 nitrogen and oxygen atoms in total. The minimum Gasteiger partial charge on any atom is -0.508 e. The molecule has 0 bridgehead atoms. The number of likely N-dealkylation sites (tertiary alicyclic amines) is 1. The Balaban J connectivity index is 0.00000363. The van der Waals surface area contributed by atoms with E-state index in [1.54, 1.807) is 19.1 Å². The highest BCUT2D eigenvalue weighted by molar-refractivity contribution is 6.45. The fourth-order valence-electron chi connectivity index (χ4n) is 3.53. The third-order valence-electron chi connectivity index (χ3n) is 5.13. The molecule has 9 heteroatoms. The monoisotopic (exact) mass is 501 g/mol. The van der Waals surface area contributed by atoms with Crippen LogP contribution in [0.5, 0.6) is 11.5 Å². The molecule has 2 aromatic carbocycles. The van der Waals surface area contributed by atoms with Crippen LogP contribution in [0.2, 0.25) is 10.0 Å². The number of aromatic hydroxyl groups is 1. The van der Waals surface area contributed by atoms with Crippen LogP contribution in [0.4, 0.5) is 0 Å². The molecule has 32 heavy (non-hydrogen) atoms. The minimum atomic E-state index is -0.528. The maximum absolute atomic E-state index is 13.1. The number of halogens is 3. The average molecular weight is 503 g/mol. The number of piperidine rings is 1. The van der Waals surface area contributed by atoms with Crippen molar-refractivity contribution >= 4 is 47.4 Å². The van der Waals surface area contributed by atoms with Crippen LogP contribution in [0.25, 0.3) is 0 Å². The van der Waals surface area contributed by atoms with Gasteiger partial charge in [0.25, 0.3) is 0 Å². The van der Waals surface area contributed by atoms with Crippen molar-refractivity contribution in [1.29, 1.82) is 0 Å². The number of ketones is 1. The van der Waals surface area contributed by atoms with Crippen molar-refractivity contribution in [2.75, 3.05) is 26.3 Å². The van der Waals surface area contributed by atoms with E-state index in [2.05, 4.69) is 4.90 Å². The zero-order valence-corrected chi connectivity index (χ0v) is 20.1. The molecule has 0 saturated carbocycles. The van der Waals surface area contributed by atoms with Crippen molar-refractivity contribution in [3.63, 3.8) is 0 Å². The lowest BCUT2D eigenvalue weighted by Gasteiger charge is -2.26. The summed E-state index contributed by atoms with van der Waals surface area (Å²) < 4.78 is 10.2. The third-order valence-corrected chi connectivity index (χ3v) is 5.99. The SMILES string of the molecule is CCOC(=O)COc1ccc(C(=O)c2ccc(O)c(CN3CCCCC3)c2)c(Cl)c1Cl.Cl. The number of ether oxygens (including phenoxy) is 2. The van der Waals surface area contributed by atoms with Crippen LogP contribution in [-0.4, -0.2) is 48.1 Å². The van der Waals surface area contributed by atoms with Crippen LogP contribution in [0.3, 0.4) is 0 Å². The Morgan fingerprint density at radius 1 is 1.06 bits per heavy atom. The molecule has 174 valence electrons. The first-order valence-electron chi connectivity index (χ1n) is 10.3. The zero-order valence-electron chi connectivity index (χ0n) is 17.7. The summed E-state index contributed by atoms with van der Waals surface area (Å²) in [5, 5.41) is 10.3. The second kappa shape index (κ2) is 12.3. The average Bonchev–Trinajstić information content (AvgIpc) is 2.77. The molecule has 2 aromatic rings. The molecule has 1 N–H and O–H groups in total. The van der Waals surface area contributed by atoms with Crippen LogP contribution < -0.4 is 4.74 Å². The van der Waals surface area contributed by atoms with Crippen molar-refractivity contribution < 1.29 is 24.2 Å². The van der Waals surface area contributed by atoms with Crippen molar-refractivity contribution in [2.45, 2.75) is 32.7 Å². The van der Waals surface area contributed by atoms with Gasteiger partial charge >= 0.3 is 5.97 Å². The van der Waals surface area contributed by atoms with Gasteiger partial charge in [0.2, 0.25) is 0 Å². The first kappa shape index (κ1) is 26.3. The van der Waals surface area contributed by atoms with Gasteiger partial charge in [0.1, 0.15) is 16.5 Å². The number of phenols is 1. The molecule has 3 rings (SSSR count). The van der Waals surface area contributed by atoms with Crippen molar-refractivity contribution in [1.82, 2.24) is 4.90 Å². The molecule has 1 fully saturated rings. The first-order chi connectivity index (χ1) is 14.9. The van der Waals surface area contributed by atoms with E-state index in [1.165, 1.54) is 24.6 Å². The van der Waals surface area contributed by atoms with E-state index in [1.807, 2.05) is 0 Å². The topological polar surface area (TPSA) is 76.1 Å². The third kappa shape index (κ3) is 6.51. The predicted molar refractivity (Wildman–Crippen MR) is 127 cm³/mol. The molecular weight excluding hydrogens is 477 g/mol. The summed E-state index contributed by atoms with van der Waals surface area (Å²) in [6.07, 6.45) is 3.50. The van der Waals surface area contributed by atoms with Crippen LogP contribution in [0, 0.1) is 0 Å². The minimum absolute atomic E-state index is 0. The fraction of sp³-hybridized carbons (Fsp3) is 0.391. The molecule has 0 radical (unpaired) electrons. The molecule has 1 aliphatic rings. The summed E-state index contributed by atoms with van der Waals surface area (Å²) in [6, 6.07) is 7.79. The molecule has 0 amide bonds. The van der Waals surface area contributed by atoms with E-state index in [0.717, 1.165) is 25.9 Å². The Morgan fingerprint density at radius 2 is 1.78 bits per heavy atom. The van der Waals surface area contributed by atoms with Gasteiger partial charge in [-0.2, -0.15) is 0 Å². The van der Waals surface area contributed by atoms with Crippen molar-refractivity contribution in [3.05, 3.63) is 57.1 Å². The zero-order chi connectivity index (χ0) is 22.4. The highest BCUT2D eigenvalue weighted by Gasteiger charge is 2.20. The van der Waals surface area contributed by atoms with Gasteiger partial charge < -0.3 is 14.6 Å². The van der Waals surface area contributed by atoms with Gasteiger partial charge in [-0.1, -0.05) is 29.6 Å². The van der Waals surface area contributed by atoms with Gasteiger partial charge in [-0.25, -0.2) is 4.79 Å². The van der Waals surface area contributed by atoms with Gasteiger partial charge in [0.15, 0.2) is 12.4 Å². The molecular formula is C23H26Cl3NO5. The number of esters is 1. The molecule has 1 aliphatic heterocycles. The number of hydrogen-bond donors (Lipinski definition) is 1. The van der Waals surface area contributed by atoms with Crippen LogP contribution in [0.1, 0.15) is 47.7 Å². The molecule has 0 aliphatic carbocycles. The number of carbonyl (C=O) groups is 2. The van der Waals surface area contributed by atoms with Gasteiger partial charge in [-0.3, -0.25) is 9.69 Å². The van der Waals surface area contributed by atoms with Crippen molar-refractivity contribution in [2.24, 2.45) is 0 Å². The lowest BCUT2D eigenvalue weighted by molar-refractivity contribution is -0.145. The smallest absolute Gasteiger partial charge is 0.344 e. The highest BCUT2D eigenvalue weighted by Crippen LogP contribution is 2.36. The molecule has 1 heterocycles. The summed E-state index contributed by atoms with van der Waals surface area (Å²) in [4.78, 5) is 26.8. The summed E-state index contributed by atoms with van der Waals surface area (Å²) in [7, 11) is 0. The Kier molecular flexibility index (Phi) is 10.1. The van der Waals surface area contributed by atoms with Crippen LogP contribution in [0.15, 0.2) is 30.3 Å².